The van der Waals surface area contributed by atoms with E-state index in [-0.39, 0.29) is 6.03 Å². The van der Waals surface area contributed by atoms with Crippen LogP contribution in [0.15, 0.2) is 24.3 Å². The van der Waals surface area contributed by atoms with Gasteiger partial charge in [-0.25, -0.2) is 4.79 Å². The minimum Gasteiger partial charge on any atom is -0.491 e. The van der Waals surface area contributed by atoms with Crippen LogP contribution in [0.2, 0.25) is 0 Å². The number of urea groups is 1. The molecule has 1 aromatic carbocycles. The molecule has 0 unspecified atom stereocenters. The predicted octanol–water partition coefficient (Wildman–Crippen LogP) is 2.50. The first-order valence-electron chi connectivity index (χ1n) is 8.45. The molecule has 5 heteroatoms. The smallest absolute Gasteiger partial charge is 0.317 e. The van der Waals surface area contributed by atoms with Crippen LogP contribution >= 0.6 is 0 Å². The van der Waals surface area contributed by atoms with Crippen molar-refractivity contribution in [3.63, 3.8) is 0 Å². The van der Waals surface area contributed by atoms with E-state index in [1.54, 1.807) is 0 Å². The zero-order valence-corrected chi connectivity index (χ0v) is 14.5. The van der Waals surface area contributed by atoms with Crippen LogP contribution in [0.5, 0.6) is 5.75 Å². The summed E-state index contributed by atoms with van der Waals surface area (Å²) < 4.78 is 5.71. The fourth-order valence-corrected chi connectivity index (χ4v) is 2.95. The molecule has 1 fully saturated rings. The largest absolute Gasteiger partial charge is 0.491 e. The lowest BCUT2D eigenvalue weighted by Gasteiger charge is -2.23. The molecule has 128 valence electrons. The van der Waals surface area contributed by atoms with Crippen LogP contribution in [0, 0.1) is 6.92 Å². The zero-order chi connectivity index (χ0) is 16.7. The highest BCUT2D eigenvalue weighted by atomic mass is 16.5. The van der Waals surface area contributed by atoms with Crippen molar-refractivity contribution in [3.05, 3.63) is 29.8 Å². The van der Waals surface area contributed by atoms with E-state index in [0.29, 0.717) is 19.2 Å². The first kappa shape index (κ1) is 17.6. The number of carbonyl (C=O) groups excluding carboxylic acids is 1. The van der Waals surface area contributed by atoms with Crippen LogP contribution in [0.3, 0.4) is 0 Å². The Morgan fingerprint density at radius 1 is 1.30 bits per heavy atom. The number of likely N-dealkylation sites (tertiary alicyclic amines) is 1. The van der Waals surface area contributed by atoms with E-state index >= 15 is 0 Å². The summed E-state index contributed by atoms with van der Waals surface area (Å²) in [6, 6.07) is 8.53. The van der Waals surface area contributed by atoms with Gasteiger partial charge in [-0.1, -0.05) is 18.2 Å². The number of amides is 2. The van der Waals surface area contributed by atoms with Crippen LogP contribution in [0.1, 0.15) is 24.8 Å². The topological polar surface area (TPSA) is 44.8 Å². The van der Waals surface area contributed by atoms with Crippen molar-refractivity contribution in [3.8, 4) is 5.75 Å². The van der Waals surface area contributed by atoms with E-state index in [4.69, 9.17) is 4.74 Å². The summed E-state index contributed by atoms with van der Waals surface area (Å²) in [7, 11) is 4.23. The molecule has 5 nitrogen and oxygen atoms in total. The molecule has 0 saturated carbocycles. The Morgan fingerprint density at radius 3 is 2.83 bits per heavy atom. The second kappa shape index (κ2) is 8.77. The molecule has 0 aromatic heterocycles. The Morgan fingerprint density at radius 2 is 2.09 bits per heavy atom. The van der Waals surface area contributed by atoms with Gasteiger partial charge in [0.25, 0.3) is 0 Å². The van der Waals surface area contributed by atoms with Gasteiger partial charge in [-0.15, -0.1) is 0 Å². The fourth-order valence-electron chi connectivity index (χ4n) is 2.95. The summed E-state index contributed by atoms with van der Waals surface area (Å²) in [4.78, 5) is 16.4. The maximum atomic E-state index is 12.3. The molecular formula is C18H29N3O2. The van der Waals surface area contributed by atoms with Crippen molar-refractivity contribution in [1.29, 1.82) is 0 Å². The number of rotatable bonds is 5. The number of nitrogens with zero attached hydrogens (tertiary/aromatic N) is 2. The van der Waals surface area contributed by atoms with Gasteiger partial charge in [0.05, 0.1) is 6.54 Å². The summed E-state index contributed by atoms with van der Waals surface area (Å²) in [5.74, 6) is 0.880. The van der Waals surface area contributed by atoms with Gasteiger partial charge in [-0.05, 0) is 51.9 Å². The lowest BCUT2D eigenvalue weighted by Crippen LogP contribution is -2.42. The van der Waals surface area contributed by atoms with Crippen molar-refractivity contribution in [1.82, 2.24) is 15.1 Å². The second-order valence-corrected chi connectivity index (χ2v) is 6.38. The molecule has 1 N–H and O–H groups in total. The van der Waals surface area contributed by atoms with E-state index in [1.807, 2.05) is 36.1 Å². The number of carbonyl (C=O) groups is 1. The summed E-state index contributed by atoms with van der Waals surface area (Å²) in [6.07, 6.45) is 3.27. The second-order valence-electron chi connectivity index (χ2n) is 6.38. The van der Waals surface area contributed by atoms with Gasteiger partial charge in [-0.3, -0.25) is 0 Å². The minimum atomic E-state index is 0.0257. The highest BCUT2D eigenvalue weighted by Gasteiger charge is 2.21. The molecule has 1 heterocycles. The predicted molar refractivity (Wildman–Crippen MR) is 93.0 cm³/mol. The number of benzene rings is 1. The highest BCUT2D eigenvalue weighted by molar-refractivity contribution is 5.74. The Labute approximate surface area is 139 Å². The van der Waals surface area contributed by atoms with Gasteiger partial charge < -0.3 is 19.9 Å². The van der Waals surface area contributed by atoms with Gasteiger partial charge in [0, 0.05) is 19.1 Å². The first-order valence-corrected chi connectivity index (χ1v) is 8.45. The summed E-state index contributed by atoms with van der Waals surface area (Å²) in [5.41, 5.74) is 1.11. The summed E-state index contributed by atoms with van der Waals surface area (Å²) in [5, 5.41) is 2.96. The molecule has 1 atom stereocenters. The maximum Gasteiger partial charge on any atom is 0.317 e. The first-order chi connectivity index (χ1) is 11.1. The zero-order valence-electron chi connectivity index (χ0n) is 14.5. The van der Waals surface area contributed by atoms with Gasteiger partial charge in [0.15, 0.2) is 0 Å². The van der Waals surface area contributed by atoms with Crippen molar-refractivity contribution in [2.75, 3.05) is 40.3 Å². The van der Waals surface area contributed by atoms with Crippen LogP contribution in [-0.4, -0.2) is 62.2 Å². The molecule has 0 radical (unpaired) electrons. The molecule has 0 spiro atoms. The SMILES string of the molecule is Cc1ccccc1OCCNC(=O)N1CCC[C@H](N(C)C)CC1. The van der Waals surface area contributed by atoms with E-state index in [0.717, 1.165) is 43.7 Å². The lowest BCUT2D eigenvalue weighted by molar-refractivity contribution is 0.194. The number of ether oxygens (including phenoxy) is 1. The van der Waals surface area contributed by atoms with E-state index < -0.39 is 0 Å². The number of para-hydroxylation sites is 1. The van der Waals surface area contributed by atoms with E-state index in [1.165, 1.54) is 0 Å². The van der Waals surface area contributed by atoms with Crippen molar-refractivity contribution >= 4 is 6.03 Å². The van der Waals surface area contributed by atoms with Crippen LogP contribution in [-0.2, 0) is 0 Å². The third kappa shape index (κ3) is 5.43. The molecule has 1 aliphatic heterocycles. The third-order valence-corrected chi connectivity index (χ3v) is 4.44. The van der Waals surface area contributed by atoms with E-state index in [2.05, 4.69) is 24.3 Å². The quantitative estimate of drug-likeness (QED) is 0.848. The fraction of sp³-hybridized carbons (Fsp3) is 0.611. The average Bonchev–Trinajstić information content (AvgIpc) is 2.79. The molecule has 1 saturated heterocycles. The Balaban J connectivity index is 1.69. The molecule has 1 aromatic rings. The standard InChI is InChI=1S/C18H29N3O2/c1-15-7-4-5-9-17(15)23-14-11-19-18(22)21-12-6-8-16(10-13-21)20(2)3/h4-5,7,9,16H,6,8,10-14H2,1-3H3,(H,19,22)/t16-/m0/s1. The van der Waals surface area contributed by atoms with Crippen LogP contribution in [0.25, 0.3) is 0 Å². The minimum absolute atomic E-state index is 0.0257. The van der Waals surface area contributed by atoms with Crippen LogP contribution in [0.4, 0.5) is 4.79 Å². The van der Waals surface area contributed by atoms with E-state index in [9.17, 15) is 4.79 Å². The molecule has 0 aliphatic carbocycles. The lowest BCUT2D eigenvalue weighted by atomic mass is 10.1. The van der Waals surface area contributed by atoms with Gasteiger partial charge in [-0.2, -0.15) is 0 Å². The summed E-state index contributed by atoms with van der Waals surface area (Å²) >= 11 is 0. The number of nitrogens with one attached hydrogen (secondary N) is 1. The maximum absolute atomic E-state index is 12.3. The summed E-state index contributed by atoms with van der Waals surface area (Å²) in [6.45, 7) is 4.71. The normalized spacial score (nSPS) is 18.6. The monoisotopic (exact) mass is 319 g/mol. The van der Waals surface area contributed by atoms with Gasteiger partial charge in [0.1, 0.15) is 12.4 Å². The van der Waals surface area contributed by atoms with Crippen molar-refractivity contribution in [2.45, 2.75) is 32.2 Å². The third-order valence-electron chi connectivity index (χ3n) is 4.44. The highest BCUT2D eigenvalue weighted by Crippen LogP contribution is 2.16. The molecule has 2 rings (SSSR count). The number of hydrogen-bond acceptors (Lipinski definition) is 3. The van der Waals surface area contributed by atoms with Crippen molar-refractivity contribution < 1.29 is 9.53 Å². The molecule has 0 bridgehead atoms. The number of aryl methyl sites for hydroxylation is 1. The van der Waals surface area contributed by atoms with Gasteiger partial charge in [0.2, 0.25) is 0 Å². The Bertz CT molecular complexity index is 505. The molecule has 2 amide bonds. The number of hydrogen-bond donors (Lipinski definition) is 1. The average molecular weight is 319 g/mol. The van der Waals surface area contributed by atoms with Crippen molar-refractivity contribution in [2.24, 2.45) is 0 Å². The van der Waals surface area contributed by atoms with Crippen LogP contribution < -0.4 is 10.1 Å². The molecule has 1 aliphatic rings. The molecule has 23 heavy (non-hydrogen) atoms. The Hall–Kier alpha value is -1.75. The van der Waals surface area contributed by atoms with Gasteiger partial charge >= 0.3 is 6.03 Å². The molecular weight excluding hydrogens is 290 g/mol. The Kier molecular flexibility index (Phi) is 6.71.